The van der Waals surface area contributed by atoms with Crippen molar-refractivity contribution in [1.29, 1.82) is 0 Å². The molecule has 1 aromatic heterocycles. The third kappa shape index (κ3) is 6.25. The highest BCUT2D eigenvalue weighted by atomic mass is 32.2. The second kappa shape index (κ2) is 11.5. The largest absolute Gasteiger partial charge is 0.450 e. The van der Waals surface area contributed by atoms with Gasteiger partial charge in [0.05, 0.1) is 22.2 Å². The van der Waals surface area contributed by atoms with Crippen LogP contribution in [0.1, 0.15) is 16.1 Å². The molecule has 5 aromatic rings. The Morgan fingerprint density at radius 1 is 0.878 bits per heavy atom. The highest BCUT2D eigenvalue weighted by molar-refractivity contribution is 7.99. The van der Waals surface area contributed by atoms with Gasteiger partial charge in [-0.1, -0.05) is 54.2 Å². The van der Waals surface area contributed by atoms with E-state index in [4.69, 9.17) is 9.15 Å². The van der Waals surface area contributed by atoms with Crippen LogP contribution < -0.4 is 15.5 Å². The summed E-state index contributed by atoms with van der Waals surface area (Å²) in [6, 6.07) is 23.4. The van der Waals surface area contributed by atoms with Gasteiger partial charge in [0.25, 0.3) is 5.76 Å². The van der Waals surface area contributed by atoms with Crippen LogP contribution in [0.4, 0.5) is 33.3 Å². The first-order valence-corrected chi connectivity index (χ1v) is 12.8. The van der Waals surface area contributed by atoms with Gasteiger partial charge in [0.15, 0.2) is 0 Å². The van der Waals surface area contributed by atoms with E-state index in [-0.39, 0.29) is 22.3 Å². The minimum Gasteiger partial charge on any atom is -0.450 e. The molecule has 0 aliphatic rings. The molecule has 0 aliphatic carbocycles. The molecular formula is C30H18F5NO4S. The van der Waals surface area contributed by atoms with E-state index in [9.17, 15) is 31.5 Å². The van der Waals surface area contributed by atoms with Crippen LogP contribution in [0.2, 0.25) is 0 Å². The maximum Gasteiger partial charge on any atom is 0.450 e. The van der Waals surface area contributed by atoms with Crippen LogP contribution in [0.5, 0.6) is 5.75 Å². The van der Waals surface area contributed by atoms with Gasteiger partial charge >= 0.3 is 12.1 Å². The number of para-hydroxylation sites is 1. The normalized spacial score (nSPS) is 11.6. The van der Waals surface area contributed by atoms with Crippen molar-refractivity contribution in [2.75, 3.05) is 5.32 Å². The SMILES string of the molecule is O=C(Oc1ccc2c(=O)c(-c3ccccc3)c(C(F)(F)F)oc2c1)c1ccccc1Nc1ccc(SC(F)F)cc1. The predicted molar refractivity (Wildman–Crippen MR) is 146 cm³/mol. The lowest BCUT2D eigenvalue weighted by Crippen LogP contribution is -2.16. The average Bonchev–Trinajstić information content (AvgIpc) is 2.94. The number of rotatable bonds is 7. The topological polar surface area (TPSA) is 68.5 Å². The van der Waals surface area contributed by atoms with Crippen molar-refractivity contribution < 1.29 is 35.9 Å². The summed E-state index contributed by atoms with van der Waals surface area (Å²) in [5.41, 5.74) is -0.893. The van der Waals surface area contributed by atoms with E-state index >= 15 is 0 Å². The highest BCUT2D eigenvalue weighted by Crippen LogP contribution is 2.38. The second-order valence-corrected chi connectivity index (χ2v) is 9.68. The van der Waals surface area contributed by atoms with Gasteiger partial charge in [-0.05, 0) is 54.1 Å². The molecule has 1 heterocycles. The van der Waals surface area contributed by atoms with Gasteiger partial charge in [-0.25, -0.2) is 4.79 Å². The molecule has 208 valence electrons. The third-order valence-electron chi connectivity index (χ3n) is 5.90. The van der Waals surface area contributed by atoms with Gasteiger partial charge in [0.2, 0.25) is 11.2 Å². The molecule has 41 heavy (non-hydrogen) atoms. The van der Waals surface area contributed by atoms with Crippen LogP contribution in [0.15, 0.2) is 111 Å². The first-order valence-electron chi connectivity index (χ1n) is 12.0. The summed E-state index contributed by atoms with van der Waals surface area (Å²) < 4.78 is 77.5. The minimum absolute atomic E-state index is 0.0532. The number of anilines is 2. The molecule has 0 radical (unpaired) electrons. The van der Waals surface area contributed by atoms with E-state index in [1.165, 1.54) is 54.6 Å². The van der Waals surface area contributed by atoms with Gasteiger partial charge in [0.1, 0.15) is 11.3 Å². The number of fused-ring (bicyclic) bond motifs is 1. The van der Waals surface area contributed by atoms with Crippen LogP contribution in [0.25, 0.3) is 22.1 Å². The Bertz CT molecular complexity index is 1770. The van der Waals surface area contributed by atoms with Crippen LogP contribution in [-0.4, -0.2) is 11.7 Å². The van der Waals surface area contributed by atoms with Crippen LogP contribution in [0.3, 0.4) is 0 Å². The summed E-state index contributed by atoms with van der Waals surface area (Å²) in [5.74, 6) is -5.00. The maximum absolute atomic E-state index is 13.9. The summed E-state index contributed by atoms with van der Waals surface area (Å²) in [4.78, 5) is 26.5. The maximum atomic E-state index is 13.9. The molecule has 4 aromatic carbocycles. The number of nitrogens with one attached hydrogen (secondary N) is 1. The van der Waals surface area contributed by atoms with Crippen molar-refractivity contribution in [3.63, 3.8) is 0 Å². The molecule has 0 fully saturated rings. The Morgan fingerprint density at radius 3 is 2.24 bits per heavy atom. The predicted octanol–water partition coefficient (Wildman–Crippen LogP) is 8.76. The fourth-order valence-corrected chi connectivity index (χ4v) is 4.61. The molecule has 1 N–H and O–H groups in total. The Balaban J connectivity index is 1.44. The van der Waals surface area contributed by atoms with E-state index in [1.54, 1.807) is 36.4 Å². The van der Waals surface area contributed by atoms with E-state index in [0.717, 1.165) is 6.07 Å². The monoisotopic (exact) mass is 583 g/mol. The average molecular weight is 584 g/mol. The molecule has 0 bridgehead atoms. The zero-order chi connectivity index (χ0) is 29.1. The summed E-state index contributed by atoms with van der Waals surface area (Å²) in [7, 11) is 0. The minimum atomic E-state index is -4.97. The molecule has 5 rings (SSSR count). The van der Waals surface area contributed by atoms with E-state index in [0.29, 0.717) is 28.0 Å². The Hall–Kier alpha value is -4.64. The smallest absolute Gasteiger partial charge is 0.450 e. The van der Waals surface area contributed by atoms with Gasteiger partial charge in [0, 0.05) is 16.6 Å². The molecule has 0 amide bonds. The first-order chi connectivity index (χ1) is 19.6. The Morgan fingerprint density at radius 2 is 1.56 bits per heavy atom. The van der Waals surface area contributed by atoms with Crippen molar-refractivity contribution in [1.82, 2.24) is 0 Å². The molecule has 11 heteroatoms. The van der Waals surface area contributed by atoms with E-state index in [1.807, 2.05) is 0 Å². The van der Waals surface area contributed by atoms with Gasteiger partial charge in [-0.15, -0.1) is 0 Å². The zero-order valence-electron chi connectivity index (χ0n) is 20.7. The summed E-state index contributed by atoms with van der Waals surface area (Å²) >= 11 is 0.401. The molecular weight excluding hydrogens is 565 g/mol. The fourth-order valence-electron chi connectivity index (χ4n) is 4.11. The quantitative estimate of drug-likeness (QED) is 0.0894. The molecule has 0 spiro atoms. The second-order valence-electron chi connectivity index (χ2n) is 8.62. The molecule has 0 atom stereocenters. The molecule has 0 aliphatic heterocycles. The van der Waals surface area contributed by atoms with Gasteiger partial charge in [-0.2, -0.15) is 22.0 Å². The number of carbonyl (C=O) groups is 1. The molecule has 0 saturated heterocycles. The van der Waals surface area contributed by atoms with Crippen molar-refractivity contribution in [3.8, 4) is 16.9 Å². The fraction of sp³-hybridized carbons (Fsp3) is 0.0667. The van der Waals surface area contributed by atoms with Crippen LogP contribution in [0, 0.1) is 0 Å². The van der Waals surface area contributed by atoms with Crippen molar-refractivity contribution in [2.24, 2.45) is 0 Å². The lowest BCUT2D eigenvalue weighted by atomic mass is 10.0. The standard InChI is InChI=1S/C30H18F5NO4S/c31-29(32)41-20-13-10-18(11-14-20)36-23-9-5-4-8-21(23)28(38)39-19-12-15-22-24(16-19)40-27(30(33,34)35)25(26(22)37)17-6-2-1-3-7-17/h1-16,29,36H. The third-order valence-corrected chi connectivity index (χ3v) is 6.62. The summed E-state index contributed by atoms with van der Waals surface area (Å²) in [5, 5.41) is 2.90. The van der Waals surface area contributed by atoms with Crippen molar-refractivity contribution in [2.45, 2.75) is 16.8 Å². The van der Waals surface area contributed by atoms with E-state index in [2.05, 4.69) is 5.32 Å². The van der Waals surface area contributed by atoms with Crippen molar-refractivity contribution in [3.05, 3.63) is 119 Å². The number of alkyl halides is 5. The van der Waals surface area contributed by atoms with Crippen molar-refractivity contribution >= 4 is 40.1 Å². The summed E-state index contributed by atoms with van der Waals surface area (Å²) in [6.07, 6.45) is -4.97. The first kappa shape index (κ1) is 27.9. The lowest BCUT2D eigenvalue weighted by molar-refractivity contribution is -0.152. The number of benzene rings is 4. The molecule has 0 unspecified atom stereocenters. The van der Waals surface area contributed by atoms with Crippen LogP contribution in [-0.2, 0) is 6.18 Å². The number of halogens is 5. The number of carbonyl (C=O) groups excluding carboxylic acids is 1. The van der Waals surface area contributed by atoms with E-state index < -0.39 is 40.2 Å². The highest BCUT2D eigenvalue weighted by Gasteiger charge is 2.39. The number of esters is 1. The molecule has 0 saturated carbocycles. The zero-order valence-corrected chi connectivity index (χ0v) is 21.6. The Kier molecular flexibility index (Phi) is 7.80. The summed E-state index contributed by atoms with van der Waals surface area (Å²) in [6.45, 7) is 0. The van der Waals surface area contributed by atoms with Gasteiger partial charge < -0.3 is 14.5 Å². The van der Waals surface area contributed by atoms with Gasteiger partial charge in [-0.3, -0.25) is 4.79 Å². The Labute approximate surface area is 233 Å². The number of ether oxygens (including phenoxy) is 1. The number of hydrogen-bond acceptors (Lipinski definition) is 6. The molecule has 5 nitrogen and oxygen atoms in total. The number of hydrogen-bond donors (Lipinski definition) is 1. The van der Waals surface area contributed by atoms with Crippen LogP contribution >= 0.6 is 11.8 Å². The number of thioether (sulfide) groups is 1. The lowest BCUT2D eigenvalue weighted by Gasteiger charge is -2.14.